The third kappa shape index (κ3) is 50.3. The summed E-state index contributed by atoms with van der Waals surface area (Å²) >= 11 is 0. The second-order valence-electron chi connectivity index (χ2n) is 17.9. The van der Waals surface area contributed by atoms with Crippen LogP contribution in [0.25, 0.3) is 0 Å². The van der Waals surface area contributed by atoms with Crippen LogP contribution in [-0.2, 0) is 41.8 Å². The van der Waals surface area contributed by atoms with Crippen molar-refractivity contribution in [2.24, 2.45) is 5.92 Å². The van der Waals surface area contributed by atoms with E-state index in [2.05, 4.69) is 78.4 Å². The predicted octanol–water partition coefficient (Wildman–Crippen LogP) is 13.3. The van der Waals surface area contributed by atoms with Gasteiger partial charge in [-0.15, -0.1) is 0 Å². The molecule has 0 aromatic heterocycles. The van der Waals surface area contributed by atoms with E-state index in [1.54, 1.807) is 12.2 Å². The largest absolute Gasteiger partial charge is 0.472 e. The molecule has 14 nitrogen and oxygen atoms in total. The topological polar surface area (TPSA) is 216 Å². The van der Waals surface area contributed by atoms with Crippen LogP contribution in [0, 0.1) is 5.92 Å². The molecule has 400 valence electrons. The summed E-state index contributed by atoms with van der Waals surface area (Å²) in [7, 11) is -9.76. The summed E-state index contributed by atoms with van der Waals surface area (Å²) in [5, 5.41) is 20.1. The first-order valence-electron chi connectivity index (χ1n) is 26.1. The molecular formula is C53H94O14P2. The molecule has 0 saturated heterocycles. The van der Waals surface area contributed by atoms with Crippen LogP contribution in [0.5, 0.6) is 0 Å². The Morgan fingerprint density at radius 2 is 0.957 bits per heavy atom. The zero-order valence-electron chi connectivity index (χ0n) is 42.7. The Morgan fingerprint density at radius 1 is 0.507 bits per heavy atom. The van der Waals surface area contributed by atoms with Gasteiger partial charge in [0.1, 0.15) is 12.7 Å². The molecule has 16 heteroatoms. The van der Waals surface area contributed by atoms with Crippen molar-refractivity contribution >= 4 is 27.6 Å². The maximum absolute atomic E-state index is 12.8. The maximum Gasteiger partial charge on any atom is 0.472 e. The van der Waals surface area contributed by atoms with Gasteiger partial charge in [0.25, 0.3) is 0 Å². The molecule has 0 fully saturated rings. The van der Waals surface area contributed by atoms with Crippen LogP contribution in [0.1, 0.15) is 201 Å². The summed E-state index contributed by atoms with van der Waals surface area (Å²) in [4.78, 5) is 53.0. The van der Waals surface area contributed by atoms with E-state index in [0.717, 1.165) is 63.7 Å². The molecule has 0 spiro atoms. The summed E-state index contributed by atoms with van der Waals surface area (Å²) in [5.74, 6) is -0.435. The molecule has 0 aromatic rings. The van der Waals surface area contributed by atoms with Gasteiger partial charge in [-0.05, 0) is 50.9 Å². The van der Waals surface area contributed by atoms with Crippen molar-refractivity contribution in [1.29, 1.82) is 0 Å². The third-order valence-corrected chi connectivity index (χ3v) is 12.7. The van der Waals surface area contributed by atoms with Crippen LogP contribution >= 0.6 is 15.6 Å². The molecule has 0 heterocycles. The van der Waals surface area contributed by atoms with Gasteiger partial charge in [-0.1, -0.05) is 216 Å². The summed E-state index contributed by atoms with van der Waals surface area (Å²) in [6.07, 6.45) is 49.3. The molecule has 0 amide bonds. The van der Waals surface area contributed by atoms with Crippen molar-refractivity contribution < 1.29 is 66.7 Å². The second kappa shape index (κ2) is 46.6. The third-order valence-electron chi connectivity index (χ3n) is 11.3. The SMILES string of the molecule is CC/C=C\C/C=C\C/C=C\C/C=C\C/C=C\C=C/C(O)CCC(=O)OC[C@H](COP(=O)(O)OC[C@@H](O)COP(=O)(O)O)OC(=O)CCCCCCCCCCCCCCCCCCCCC(C)CC. The number of carbonyl (C=O) groups excluding carboxylic acids is 2. The minimum atomic E-state index is -4.89. The average molecular weight is 1020 g/mol. The molecule has 69 heavy (non-hydrogen) atoms. The second-order valence-corrected chi connectivity index (χ2v) is 20.6. The fourth-order valence-electron chi connectivity index (χ4n) is 6.91. The van der Waals surface area contributed by atoms with Crippen molar-refractivity contribution in [2.45, 2.75) is 219 Å². The smallest absolute Gasteiger partial charge is 0.462 e. The van der Waals surface area contributed by atoms with Crippen LogP contribution in [0.3, 0.4) is 0 Å². The fourth-order valence-corrected chi connectivity index (χ4v) is 8.06. The number of unbranched alkanes of at least 4 members (excludes halogenated alkanes) is 17. The zero-order valence-corrected chi connectivity index (χ0v) is 44.5. The van der Waals surface area contributed by atoms with Gasteiger partial charge < -0.3 is 34.4 Å². The Hall–Kier alpha value is -2.48. The number of carbonyl (C=O) groups is 2. The van der Waals surface area contributed by atoms with Gasteiger partial charge in [-0.3, -0.25) is 23.2 Å². The number of aliphatic hydroxyl groups is 2. The van der Waals surface area contributed by atoms with Crippen molar-refractivity contribution in [1.82, 2.24) is 0 Å². The van der Waals surface area contributed by atoms with Crippen molar-refractivity contribution in [3.8, 4) is 0 Å². The van der Waals surface area contributed by atoms with Crippen molar-refractivity contribution in [2.75, 3.05) is 26.4 Å². The average Bonchev–Trinajstić information content (AvgIpc) is 3.31. The Labute approximate surface area is 417 Å². The first-order valence-corrected chi connectivity index (χ1v) is 29.2. The highest BCUT2D eigenvalue weighted by Gasteiger charge is 2.28. The van der Waals surface area contributed by atoms with Crippen LogP contribution < -0.4 is 0 Å². The first kappa shape index (κ1) is 66.5. The van der Waals surface area contributed by atoms with Crippen molar-refractivity contribution in [3.05, 3.63) is 72.9 Å². The molecule has 5 atom stereocenters. The van der Waals surface area contributed by atoms with Crippen LogP contribution in [-0.4, -0.2) is 81.6 Å². The quantitative estimate of drug-likeness (QED) is 0.0126. The normalized spacial score (nSPS) is 15.3. The summed E-state index contributed by atoms with van der Waals surface area (Å²) in [6.45, 7) is 3.79. The number of aliphatic hydroxyl groups excluding tert-OH is 2. The highest BCUT2D eigenvalue weighted by Crippen LogP contribution is 2.44. The van der Waals surface area contributed by atoms with Gasteiger partial charge in [-0.2, -0.15) is 0 Å². The number of esters is 2. The molecule has 0 aliphatic carbocycles. The fraction of sp³-hybridized carbons (Fsp3) is 0.736. The van der Waals surface area contributed by atoms with Gasteiger partial charge in [0, 0.05) is 12.8 Å². The Balaban J connectivity index is 4.57. The van der Waals surface area contributed by atoms with Gasteiger partial charge in [0.2, 0.25) is 0 Å². The number of ether oxygens (including phenoxy) is 2. The summed E-state index contributed by atoms with van der Waals surface area (Å²) < 4.78 is 47.8. The van der Waals surface area contributed by atoms with Crippen LogP contribution in [0.15, 0.2) is 72.9 Å². The predicted molar refractivity (Wildman–Crippen MR) is 277 cm³/mol. The van der Waals surface area contributed by atoms with E-state index < -0.39 is 72.3 Å². The highest BCUT2D eigenvalue weighted by atomic mass is 31.2. The molecular weight excluding hydrogens is 923 g/mol. The van der Waals surface area contributed by atoms with Gasteiger partial charge in [-0.25, -0.2) is 9.13 Å². The van der Waals surface area contributed by atoms with E-state index in [4.69, 9.17) is 23.8 Å². The standard InChI is InChI=1S/C53H94O14P2/c1-4-6-7-8-9-10-11-12-13-19-22-25-28-31-34-37-40-49(54)42-43-52(56)63-46-51(47-66-69(61,62)65-45-50(55)44-64-68(58,59)60)67-53(57)41-38-35-32-29-26-23-20-17-15-14-16-18-21-24-27-30-33-36-39-48(3)5-2/h6-7,9-10,12-13,22,25,31,34,37,40,48-51,54-55H,4-5,8,11,14-21,23-24,26-30,32-33,35-36,38-39,41-47H2,1-3H3,(H,61,62)(H2,58,59,60)/b7-6-,10-9-,13-12-,25-22-,34-31-,40-37-/t48?,49?,50-,51+/m0/s1. The lowest BCUT2D eigenvalue weighted by Gasteiger charge is -2.20. The highest BCUT2D eigenvalue weighted by molar-refractivity contribution is 7.47. The van der Waals surface area contributed by atoms with Crippen LogP contribution in [0.4, 0.5) is 0 Å². The van der Waals surface area contributed by atoms with Gasteiger partial charge >= 0.3 is 27.6 Å². The minimum absolute atomic E-state index is 0.0633. The molecule has 0 bridgehead atoms. The molecule has 3 unspecified atom stereocenters. The number of rotatable bonds is 48. The van der Waals surface area contributed by atoms with Gasteiger partial charge in [0.05, 0.1) is 25.9 Å². The van der Waals surface area contributed by atoms with E-state index in [0.29, 0.717) is 6.42 Å². The van der Waals surface area contributed by atoms with Crippen molar-refractivity contribution in [3.63, 3.8) is 0 Å². The molecule has 0 radical (unpaired) electrons. The number of phosphoric ester groups is 2. The molecule has 0 rings (SSSR count). The molecule has 0 aromatic carbocycles. The summed E-state index contributed by atoms with van der Waals surface area (Å²) in [6, 6.07) is 0. The molecule has 5 N–H and O–H groups in total. The number of phosphoric acid groups is 2. The molecule has 0 saturated carbocycles. The van der Waals surface area contributed by atoms with E-state index in [9.17, 15) is 33.8 Å². The first-order chi connectivity index (χ1) is 33.2. The Morgan fingerprint density at radius 3 is 1.45 bits per heavy atom. The number of hydrogen-bond donors (Lipinski definition) is 5. The van der Waals surface area contributed by atoms with E-state index in [1.165, 1.54) is 96.3 Å². The molecule has 0 aliphatic rings. The molecule has 0 aliphatic heterocycles. The Kier molecular flexibility index (Phi) is 44.9. The monoisotopic (exact) mass is 1020 g/mol. The lowest BCUT2D eigenvalue weighted by Crippen LogP contribution is -2.30. The maximum atomic E-state index is 12.8. The Bertz CT molecular complexity index is 1520. The van der Waals surface area contributed by atoms with Gasteiger partial charge in [0.15, 0.2) is 6.10 Å². The lowest BCUT2D eigenvalue weighted by atomic mass is 9.99. The number of hydrogen-bond acceptors (Lipinski definition) is 11. The lowest BCUT2D eigenvalue weighted by molar-refractivity contribution is -0.161. The zero-order chi connectivity index (χ0) is 51.1. The minimum Gasteiger partial charge on any atom is -0.462 e. The van der Waals surface area contributed by atoms with Crippen LogP contribution in [0.2, 0.25) is 0 Å². The van der Waals surface area contributed by atoms with E-state index in [1.807, 2.05) is 12.2 Å². The van der Waals surface area contributed by atoms with E-state index >= 15 is 0 Å². The summed E-state index contributed by atoms with van der Waals surface area (Å²) in [5.41, 5.74) is 0. The number of allylic oxidation sites excluding steroid dienone is 11. The van der Waals surface area contributed by atoms with E-state index in [-0.39, 0.29) is 19.3 Å².